The van der Waals surface area contributed by atoms with E-state index in [1.54, 1.807) is 11.0 Å². The number of nitrogens with one attached hydrogen (secondary N) is 1. The molecule has 0 aromatic heterocycles. The van der Waals surface area contributed by atoms with Gasteiger partial charge in [0.15, 0.2) is 0 Å². The molecule has 1 aliphatic rings. The molecule has 1 heterocycles. The molecule has 4 nitrogen and oxygen atoms in total. The van der Waals surface area contributed by atoms with Crippen molar-refractivity contribution in [1.29, 1.82) is 0 Å². The Hall–Kier alpha value is -2.14. The van der Waals surface area contributed by atoms with E-state index in [4.69, 9.17) is 0 Å². The van der Waals surface area contributed by atoms with Crippen molar-refractivity contribution in [2.75, 3.05) is 6.54 Å². The Bertz CT molecular complexity index is 733. The second-order valence-electron chi connectivity index (χ2n) is 5.84. The summed E-state index contributed by atoms with van der Waals surface area (Å²) >= 11 is 3.41. The van der Waals surface area contributed by atoms with Gasteiger partial charge in [0.2, 0.25) is 5.91 Å². The van der Waals surface area contributed by atoms with Gasteiger partial charge in [-0.1, -0.05) is 42.5 Å². The van der Waals surface area contributed by atoms with Gasteiger partial charge in [-0.25, -0.2) is 0 Å². The van der Waals surface area contributed by atoms with E-state index < -0.39 is 6.04 Å². The molecular formula is C19H19BrN2O2. The molecule has 0 aliphatic carbocycles. The lowest BCUT2D eigenvalue weighted by Gasteiger charge is -2.24. The van der Waals surface area contributed by atoms with E-state index in [1.807, 2.05) is 48.5 Å². The molecule has 0 saturated carbocycles. The molecule has 3 rings (SSSR count). The minimum absolute atomic E-state index is 0.0863. The van der Waals surface area contributed by atoms with E-state index >= 15 is 0 Å². The van der Waals surface area contributed by atoms with Crippen LogP contribution >= 0.6 is 15.9 Å². The van der Waals surface area contributed by atoms with Crippen molar-refractivity contribution >= 4 is 27.7 Å². The number of carbonyl (C=O) groups is 2. The molecule has 2 aromatic carbocycles. The third kappa shape index (κ3) is 3.67. The van der Waals surface area contributed by atoms with Gasteiger partial charge in [-0.15, -0.1) is 0 Å². The zero-order valence-corrected chi connectivity index (χ0v) is 14.8. The predicted molar refractivity (Wildman–Crippen MR) is 96.5 cm³/mol. The van der Waals surface area contributed by atoms with Gasteiger partial charge in [0.1, 0.15) is 6.04 Å². The van der Waals surface area contributed by atoms with E-state index in [1.165, 1.54) is 0 Å². The fourth-order valence-corrected chi connectivity index (χ4v) is 3.43. The summed E-state index contributed by atoms with van der Waals surface area (Å²) in [6.45, 7) is 1.09. The van der Waals surface area contributed by atoms with Gasteiger partial charge in [0.05, 0.1) is 5.56 Å². The normalized spacial score (nSPS) is 16.9. The minimum Gasteiger partial charge on any atom is -0.350 e. The summed E-state index contributed by atoms with van der Waals surface area (Å²) in [6.07, 6.45) is 1.55. The molecule has 1 saturated heterocycles. The maximum atomic E-state index is 12.8. The molecule has 2 amide bonds. The Balaban J connectivity index is 1.67. The van der Waals surface area contributed by atoms with Gasteiger partial charge in [-0.3, -0.25) is 9.59 Å². The second-order valence-corrected chi connectivity index (χ2v) is 6.69. The summed E-state index contributed by atoms with van der Waals surface area (Å²) in [5.41, 5.74) is 1.65. The van der Waals surface area contributed by atoms with Crippen LogP contribution < -0.4 is 5.32 Å². The zero-order valence-electron chi connectivity index (χ0n) is 13.2. The fourth-order valence-electron chi connectivity index (χ4n) is 2.97. The van der Waals surface area contributed by atoms with Crippen LogP contribution in [0.5, 0.6) is 0 Å². The third-order valence-corrected chi connectivity index (χ3v) is 4.92. The molecule has 5 heteroatoms. The zero-order chi connectivity index (χ0) is 16.9. The van der Waals surface area contributed by atoms with Crippen molar-refractivity contribution in [3.05, 3.63) is 70.2 Å². The number of likely N-dealkylation sites (tertiary alicyclic amines) is 1. The van der Waals surface area contributed by atoms with E-state index in [9.17, 15) is 9.59 Å². The minimum atomic E-state index is -0.395. The summed E-state index contributed by atoms with van der Waals surface area (Å²) in [6, 6.07) is 16.7. The number of hydrogen-bond donors (Lipinski definition) is 1. The fraction of sp³-hybridized carbons (Fsp3) is 0.263. The van der Waals surface area contributed by atoms with Gasteiger partial charge in [-0.2, -0.15) is 0 Å². The van der Waals surface area contributed by atoms with Gasteiger partial charge in [0.25, 0.3) is 5.91 Å². The number of carbonyl (C=O) groups excluding carboxylic acids is 2. The van der Waals surface area contributed by atoms with Gasteiger partial charge < -0.3 is 10.2 Å². The van der Waals surface area contributed by atoms with Gasteiger partial charge >= 0.3 is 0 Å². The topological polar surface area (TPSA) is 49.4 Å². The average molecular weight is 387 g/mol. The third-order valence-electron chi connectivity index (χ3n) is 4.23. The van der Waals surface area contributed by atoms with Crippen LogP contribution in [-0.2, 0) is 11.3 Å². The largest absolute Gasteiger partial charge is 0.350 e. The first-order valence-corrected chi connectivity index (χ1v) is 8.83. The Morgan fingerprint density at radius 3 is 2.54 bits per heavy atom. The van der Waals surface area contributed by atoms with Crippen LogP contribution in [0.15, 0.2) is 59.1 Å². The van der Waals surface area contributed by atoms with Crippen molar-refractivity contribution in [1.82, 2.24) is 10.2 Å². The van der Waals surface area contributed by atoms with Crippen molar-refractivity contribution < 1.29 is 9.59 Å². The SMILES string of the molecule is O=C(NCc1ccccc1)[C@@H]1CCCN1C(=O)c1ccccc1Br. The molecule has 0 spiro atoms. The highest BCUT2D eigenvalue weighted by molar-refractivity contribution is 9.10. The summed E-state index contributed by atoms with van der Waals surface area (Å²) in [5.74, 6) is -0.184. The standard InChI is InChI=1S/C19H19BrN2O2/c20-16-10-5-4-9-15(16)19(24)22-12-6-11-17(22)18(23)21-13-14-7-2-1-3-8-14/h1-5,7-10,17H,6,11-13H2,(H,21,23)/t17-/m0/s1. The molecule has 1 aliphatic heterocycles. The van der Waals surface area contributed by atoms with Crippen molar-refractivity contribution in [2.45, 2.75) is 25.4 Å². The number of amides is 2. The van der Waals surface area contributed by atoms with Crippen LogP contribution in [0, 0.1) is 0 Å². The lowest BCUT2D eigenvalue weighted by Crippen LogP contribution is -2.45. The van der Waals surface area contributed by atoms with Crippen LogP contribution in [0.25, 0.3) is 0 Å². The first kappa shape index (κ1) is 16.7. The van der Waals surface area contributed by atoms with E-state index in [0.717, 1.165) is 16.5 Å². The number of benzene rings is 2. The first-order valence-electron chi connectivity index (χ1n) is 8.04. The van der Waals surface area contributed by atoms with Crippen molar-refractivity contribution in [3.8, 4) is 0 Å². The molecule has 124 valence electrons. The monoisotopic (exact) mass is 386 g/mol. The lowest BCUT2D eigenvalue weighted by atomic mass is 10.1. The van der Waals surface area contributed by atoms with Crippen LogP contribution in [0.4, 0.5) is 0 Å². The molecular weight excluding hydrogens is 368 g/mol. The smallest absolute Gasteiger partial charge is 0.255 e. The van der Waals surface area contributed by atoms with Gasteiger partial charge in [0, 0.05) is 17.6 Å². The predicted octanol–water partition coefficient (Wildman–Crippen LogP) is 3.37. The average Bonchev–Trinajstić information content (AvgIpc) is 3.10. The van der Waals surface area contributed by atoms with Crippen LogP contribution in [-0.4, -0.2) is 29.3 Å². The number of rotatable bonds is 4. The summed E-state index contributed by atoms with van der Waals surface area (Å²) in [7, 11) is 0. The van der Waals surface area contributed by atoms with E-state index in [0.29, 0.717) is 25.1 Å². The number of hydrogen-bond acceptors (Lipinski definition) is 2. The number of halogens is 1. The molecule has 1 atom stereocenters. The molecule has 0 radical (unpaired) electrons. The Morgan fingerprint density at radius 2 is 1.79 bits per heavy atom. The summed E-state index contributed by atoms with van der Waals surface area (Å²) in [4.78, 5) is 27.0. The highest BCUT2D eigenvalue weighted by Crippen LogP contribution is 2.24. The highest BCUT2D eigenvalue weighted by atomic mass is 79.9. The maximum Gasteiger partial charge on any atom is 0.255 e. The van der Waals surface area contributed by atoms with Crippen molar-refractivity contribution in [3.63, 3.8) is 0 Å². The quantitative estimate of drug-likeness (QED) is 0.875. The molecule has 0 unspecified atom stereocenters. The second kappa shape index (κ2) is 7.62. The number of nitrogens with zero attached hydrogens (tertiary/aromatic N) is 1. The molecule has 2 aromatic rings. The Labute approximate surface area is 150 Å². The van der Waals surface area contributed by atoms with Crippen LogP contribution in [0.2, 0.25) is 0 Å². The molecule has 24 heavy (non-hydrogen) atoms. The molecule has 1 N–H and O–H groups in total. The van der Waals surface area contributed by atoms with E-state index in [2.05, 4.69) is 21.2 Å². The maximum absolute atomic E-state index is 12.8. The highest BCUT2D eigenvalue weighted by Gasteiger charge is 2.34. The Kier molecular flexibility index (Phi) is 5.30. The lowest BCUT2D eigenvalue weighted by molar-refractivity contribution is -0.125. The van der Waals surface area contributed by atoms with E-state index in [-0.39, 0.29) is 11.8 Å². The van der Waals surface area contributed by atoms with Crippen LogP contribution in [0.1, 0.15) is 28.8 Å². The van der Waals surface area contributed by atoms with Crippen LogP contribution in [0.3, 0.4) is 0 Å². The van der Waals surface area contributed by atoms with Crippen molar-refractivity contribution in [2.24, 2.45) is 0 Å². The first-order chi connectivity index (χ1) is 11.7. The summed E-state index contributed by atoms with van der Waals surface area (Å²) in [5, 5.41) is 2.95. The van der Waals surface area contributed by atoms with Gasteiger partial charge in [-0.05, 0) is 46.5 Å². The summed E-state index contributed by atoms with van der Waals surface area (Å²) < 4.78 is 0.755. The molecule has 0 bridgehead atoms. The molecule has 1 fully saturated rings. The Morgan fingerprint density at radius 1 is 1.08 bits per heavy atom.